The van der Waals surface area contributed by atoms with E-state index in [4.69, 9.17) is 4.42 Å². The first-order valence-electron chi connectivity index (χ1n) is 5.94. The first kappa shape index (κ1) is 11.5. The van der Waals surface area contributed by atoms with Crippen LogP contribution in [0.4, 0.5) is 0 Å². The van der Waals surface area contributed by atoms with Crippen LogP contribution in [0.5, 0.6) is 0 Å². The Morgan fingerprint density at radius 2 is 2.32 bits per heavy atom. The molecule has 0 radical (unpaired) electrons. The Balaban J connectivity index is 1.73. The standard InChI is InChI=1S/C14H13N3O2/c1-17-9-16-12-6-10(2-3-13(12)17)7-15-14(18)11-4-5-19-8-11/h2-6,8-9H,7H2,1H3,(H,15,18). The summed E-state index contributed by atoms with van der Waals surface area (Å²) in [4.78, 5) is 16.0. The highest BCUT2D eigenvalue weighted by atomic mass is 16.3. The molecule has 0 saturated carbocycles. The van der Waals surface area contributed by atoms with E-state index in [2.05, 4.69) is 10.3 Å². The smallest absolute Gasteiger partial charge is 0.254 e. The Labute approximate surface area is 109 Å². The summed E-state index contributed by atoms with van der Waals surface area (Å²) < 4.78 is 6.84. The van der Waals surface area contributed by atoms with Gasteiger partial charge < -0.3 is 14.3 Å². The molecular formula is C14H13N3O2. The summed E-state index contributed by atoms with van der Waals surface area (Å²) in [5.74, 6) is -0.144. The number of fused-ring (bicyclic) bond motifs is 1. The summed E-state index contributed by atoms with van der Waals surface area (Å²) in [5, 5.41) is 2.84. The Morgan fingerprint density at radius 1 is 1.42 bits per heavy atom. The van der Waals surface area contributed by atoms with Gasteiger partial charge in [0.25, 0.3) is 5.91 Å². The first-order valence-corrected chi connectivity index (χ1v) is 5.94. The largest absolute Gasteiger partial charge is 0.472 e. The number of aryl methyl sites for hydroxylation is 1. The molecule has 2 heterocycles. The van der Waals surface area contributed by atoms with Crippen LogP contribution >= 0.6 is 0 Å². The molecule has 0 aliphatic rings. The van der Waals surface area contributed by atoms with Crippen molar-refractivity contribution in [3.63, 3.8) is 0 Å². The summed E-state index contributed by atoms with van der Waals surface area (Å²) in [6.07, 6.45) is 4.69. The summed E-state index contributed by atoms with van der Waals surface area (Å²) in [6.45, 7) is 0.469. The van der Waals surface area contributed by atoms with Crippen molar-refractivity contribution >= 4 is 16.9 Å². The van der Waals surface area contributed by atoms with Gasteiger partial charge in [-0.1, -0.05) is 6.07 Å². The number of furan rings is 1. The third-order valence-electron chi connectivity index (χ3n) is 3.03. The minimum absolute atomic E-state index is 0.144. The number of imidazole rings is 1. The monoisotopic (exact) mass is 255 g/mol. The number of hydrogen-bond donors (Lipinski definition) is 1. The lowest BCUT2D eigenvalue weighted by Crippen LogP contribution is -2.22. The van der Waals surface area contributed by atoms with Gasteiger partial charge in [0, 0.05) is 13.6 Å². The van der Waals surface area contributed by atoms with Crippen molar-refractivity contribution in [1.29, 1.82) is 0 Å². The molecule has 5 heteroatoms. The molecule has 0 aliphatic heterocycles. The van der Waals surface area contributed by atoms with Gasteiger partial charge >= 0.3 is 0 Å². The van der Waals surface area contributed by atoms with E-state index in [1.165, 1.54) is 12.5 Å². The van der Waals surface area contributed by atoms with Crippen molar-refractivity contribution in [2.24, 2.45) is 7.05 Å². The molecule has 0 unspecified atom stereocenters. The van der Waals surface area contributed by atoms with Crippen molar-refractivity contribution in [3.05, 3.63) is 54.2 Å². The second-order valence-corrected chi connectivity index (χ2v) is 4.37. The lowest BCUT2D eigenvalue weighted by atomic mass is 10.2. The van der Waals surface area contributed by atoms with Crippen molar-refractivity contribution < 1.29 is 9.21 Å². The van der Waals surface area contributed by atoms with E-state index in [9.17, 15) is 4.79 Å². The molecule has 0 atom stereocenters. The minimum atomic E-state index is -0.144. The van der Waals surface area contributed by atoms with Crippen molar-refractivity contribution in [2.45, 2.75) is 6.54 Å². The molecule has 0 spiro atoms. The topological polar surface area (TPSA) is 60.1 Å². The van der Waals surface area contributed by atoms with E-state index in [1.807, 2.05) is 29.8 Å². The zero-order chi connectivity index (χ0) is 13.2. The van der Waals surface area contributed by atoms with Crippen molar-refractivity contribution in [2.75, 3.05) is 0 Å². The van der Waals surface area contributed by atoms with E-state index in [0.29, 0.717) is 12.1 Å². The van der Waals surface area contributed by atoms with Crippen LogP contribution < -0.4 is 5.32 Å². The fourth-order valence-electron chi connectivity index (χ4n) is 1.97. The van der Waals surface area contributed by atoms with Crippen molar-refractivity contribution in [3.8, 4) is 0 Å². The molecule has 2 aromatic heterocycles. The second-order valence-electron chi connectivity index (χ2n) is 4.37. The van der Waals surface area contributed by atoms with Crippen LogP contribution in [-0.2, 0) is 13.6 Å². The minimum Gasteiger partial charge on any atom is -0.472 e. The quantitative estimate of drug-likeness (QED) is 0.779. The van der Waals surface area contributed by atoms with Gasteiger partial charge in [0.15, 0.2) is 0 Å². The van der Waals surface area contributed by atoms with Gasteiger partial charge in [-0.25, -0.2) is 4.98 Å². The summed E-state index contributed by atoms with van der Waals surface area (Å²) in [5.41, 5.74) is 3.55. The molecule has 1 aromatic carbocycles. The predicted octanol–water partition coefficient (Wildman–Crippen LogP) is 2.10. The zero-order valence-electron chi connectivity index (χ0n) is 10.5. The predicted molar refractivity (Wildman–Crippen MR) is 70.6 cm³/mol. The van der Waals surface area contributed by atoms with Crippen LogP contribution in [0.3, 0.4) is 0 Å². The molecule has 1 amide bonds. The zero-order valence-corrected chi connectivity index (χ0v) is 10.5. The van der Waals surface area contributed by atoms with Gasteiger partial charge in [-0.15, -0.1) is 0 Å². The molecule has 3 rings (SSSR count). The van der Waals surface area contributed by atoms with E-state index >= 15 is 0 Å². The van der Waals surface area contributed by atoms with Gasteiger partial charge in [-0.05, 0) is 23.8 Å². The van der Waals surface area contributed by atoms with Crippen LogP contribution in [0.15, 0.2) is 47.5 Å². The van der Waals surface area contributed by atoms with Crippen LogP contribution in [0, 0.1) is 0 Å². The van der Waals surface area contributed by atoms with Crippen LogP contribution in [0.1, 0.15) is 15.9 Å². The molecule has 5 nitrogen and oxygen atoms in total. The van der Waals surface area contributed by atoms with Gasteiger partial charge in [-0.2, -0.15) is 0 Å². The molecule has 0 fully saturated rings. The molecule has 0 bridgehead atoms. The molecule has 19 heavy (non-hydrogen) atoms. The number of rotatable bonds is 3. The third kappa shape index (κ3) is 2.22. The number of aromatic nitrogens is 2. The normalized spacial score (nSPS) is 10.8. The highest BCUT2D eigenvalue weighted by Crippen LogP contribution is 2.13. The van der Waals surface area contributed by atoms with Gasteiger partial charge in [0.1, 0.15) is 6.26 Å². The maximum absolute atomic E-state index is 11.8. The van der Waals surface area contributed by atoms with Gasteiger partial charge in [0.05, 0.1) is 29.2 Å². The number of hydrogen-bond acceptors (Lipinski definition) is 3. The maximum atomic E-state index is 11.8. The molecule has 1 N–H and O–H groups in total. The van der Waals surface area contributed by atoms with Crippen LogP contribution in [0.2, 0.25) is 0 Å². The Bertz CT molecular complexity index is 713. The molecule has 0 aliphatic carbocycles. The SMILES string of the molecule is Cn1cnc2cc(CNC(=O)c3ccoc3)ccc21. The second kappa shape index (κ2) is 4.61. The number of carbonyl (C=O) groups excluding carboxylic acids is 1. The highest BCUT2D eigenvalue weighted by molar-refractivity contribution is 5.93. The molecule has 96 valence electrons. The van der Waals surface area contributed by atoms with E-state index in [1.54, 1.807) is 12.4 Å². The average Bonchev–Trinajstić information content (AvgIpc) is 3.06. The van der Waals surface area contributed by atoms with Crippen molar-refractivity contribution in [1.82, 2.24) is 14.9 Å². The summed E-state index contributed by atoms with van der Waals surface area (Å²) in [7, 11) is 1.95. The van der Waals surface area contributed by atoms with Gasteiger partial charge in [0.2, 0.25) is 0 Å². The fourth-order valence-corrected chi connectivity index (χ4v) is 1.97. The van der Waals surface area contributed by atoms with Gasteiger partial charge in [-0.3, -0.25) is 4.79 Å². The van der Waals surface area contributed by atoms with E-state index in [-0.39, 0.29) is 5.91 Å². The number of nitrogens with one attached hydrogen (secondary N) is 1. The third-order valence-corrected chi connectivity index (χ3v) is 3.03. The maximum Gasteiger partial charge on any atom is 0.254 e. The molecular weight excluding hydrogens is 242 g/mol. The number of nitrogens with zero attached hydrogens (tertiary/aromatic N) is 2. The number of amides is 1. The average molecular weight is 255 g/mol. The summed E-state index contributed by atoms with van der Waals surface area (Å²) >= 11 is 0. The summed E-state index contributed by atoms with van der Waals surface area (Å²) in [6, 6.07) is 7.60. The van der Waals surface area contributed by atoms with Crippen LogP contribution in [0.25, 0.3) is 11.0 Å². The Morgan fingerprint density at radius 3 is 3.11 bits per heavy atom. The van der Waals surface area contributed by atoms with Crippen LogP contribution in [-0.4, -0.2) is 15.5 Å². The first-order chi connectivity index (χ1) is 9.24. The number of carbonyl (C=O) groups is 1. The van der Waals surface area contributed by atoms with E-state index < -0.39 is 0 Å². The Kier molecular flexibility index (Phi) is 2.79. The fraction of sp³-hybridized carbons (Fsp3) is 0.143. The Hall–Kier alpha value is -2.56. The lowest BCUT2D eigenvalue weighted by Gasteiger charge is -2.04. The lowest BCUT2D eigenvalue weighted by molar-refractivity contribution is 0.0950. The van der Waals surface area contributed by atoms with E-state index in [0.717, 1.165) is 16.6 Å². The highest BCUT2D eigenvalue weighted by Gasteiger charge is 2.07. The number of benzene rings is 1. The molecule has 3 aromatic rings. The molecule has 0 saturated heterocycles.